The van der Waals surface area contributed by atoms with Crippen LogP contribution in [0.5, 0.6) is 5.75 Å². The van der Waals surface area contributed by atoms with E-state index in [-0.39, 0.29) is 18.6 Å². The number of nitrogens with one attached hydrogen (secondary N) is 2. The van der Waals surface area contributed by atoms with Gasteiger partial charge in [-0.05, 0) is 51.0 Å². The molecule has 0 unspecified atom stereocenters. The summed E-state index contributed by atoms with van der Waals surface area (Å²) < 4.78 is 15.6. The Morgan fingerprint density at radius 3 is 2.39 bits per heavy atom. The second-order valence-electron chi connectivity index (χ2n) is 6.75. The van der Waals surface area contributed by atoms with Crippen LogP contribution in [0.25, 0.3) is 0 Å². The van der Waals surface area contributed by atoms with Gasteiger partial charge in [0.15, 0.2) is 0 Å². The first-order valence-electron chi connectivity index (χ1n) is 9.22. The molecule has 0 saturated carbocycles. The van der Waals surface area contributed by atoms with Crippen LogP contribution in [0.2, 0.25) is 0 Å². The van der Waals surface area contributed by atoms with Crippen LogP contribution in [0.3, 0.4) is 0 Å². The summed E-state index contributed by atoms with van der Waals surface area (Å²) in [6, 6.07) is 7.56. The summed E-state index contributed by atoms with van der Waals surface area (Å²) in [5.74, 6) is 0.0414. The SMILES string of the molecule is COCCOC(=O)c1c(C)[nH]c(C(=O)NCc2ccc(OC(C)C)cc2)c1C. The molecule has 0 aliphatic heterocycles. The molecule has 0 atom stereocenters. The Kier molecular flexibility index (Phi) is 7.63. The smallest absolute Gasteiger partial charge is 0.340 e. The minimum absolute atomic E-state index is 0.111. The summed E-state index contributed by atoms with van der Waals surface area (Å²) in [5.41, 5.74) is 2.86. The second kappa shape index (κ2) is 9.94. The van der Waals surface area contributed by atoms with Crippen molar-refractivity contribution < 1.29 is 23.8 Å². The number of esters is 1. The maximum atomic E-state index is 12.6. The standard InChI is InChI=1S/C21H28N2O5/c1-13(2)28-17-8-6-16(7-9-17)12-22-20(24)19-14(3)18(15(4)23-19)21(25)27-11-10-26-5/h6-9,13,23H,10-12H2,1-5H3,(H,22,24). The number of hydrogen-bond acceptors (Lipinski definition) is 5. The summed E-state index contributed by atoms with van der Waals surface area (Å²) in [5, 5.41) is 2.86. The highest BCUT2D eigenvalue weighted by Gasteiger charge is 2.22. The number of amides is 1. The average Bonchev–Trinajstić information content (AvgIpc) is 2.95. The molecule has 2 aromatic rings. The predicted octanol–water partition coefficient (Wildman–Crippen LogP) is 3.15. The lowest BCUT2D eigenvalue weighted by Gasteiger charge is -2.10. The number of aryl methyl sites for hydroxylation is 1. The molecule has 0 bridgehead atoms. The van der Waals surface area contributed by atoms with Gasteiger partial charge in [0, 0.05) is 19.3 Å². The largest absolute Gasteiger partial charge is 0.491 e. The molecule has 0 aliphatic carbocycles. The summed E-state index contributed by atoms with van der Waals surface area (Å²) in [6.45, 7) is 8.26. The molecule has 28 heavy (non-hydrogen) atoms. The minimum atomic E-state index is -0.469. The second-order valence-corrected chi connectivity index (χ2v) is 6.75. The fourth-order valence-corrected chi connectivity index (χ4v) is 2.80. The topological polar surface area (TPSA) is 89.7 Å². The van der Waals surface area contributed by atoms with Gasteiger partial charge in [0.05, 0.1) is 18.3 Å². The molecule has 2 N–H and O–H groups in total. The minimum Gasteiger partial charge on any atom is -0.491 e. The number of methoxy groups -OCH3 is 1. The molecule has 0 aliphatic rings. The maximum absolute atomic E-state index is 12.6. The van der Waals surface area contributed by atoms with Crippen molar-refractivity contribution in [2.45, 2.75) is 40.3 Å². The zero-order chi connectivity index (χ0) is 20.7. The highest BCUT2D eigenvalue weighted by Crippen LogP contribution is 2.19. The van der Waals surface area contributed by atoms with Gasteiger partial charge in [-0.15, -0.1) is 0 Å². The van der Waals surface area contributed by atoms with Gasteiger partial charge in [-0.1, -0.05) is 12.1 Å². The van der Waals surface area contributed by atoms with E-state index >= 15 is 0 Å². The normalized spacial score (nSPS) is 10.8. The van der Waals surface area contributed by atoms with Crippen LogP contribution in [0.1, 0.15) is 51.5 Å². The monoisotopic (exact) mass is 388 g/mol. The van der Waals surface area contributed by atoms with Gasteiger partial charge in [-0.25, -0.2) is 4.79 Å². The van der Waals surface area contributed by atoms with Gasteiger partial charge in [-0.2, -0.15) is 0 Å². The molecule has 1 amide bonds. The molecule has 0 fully saturated rings. The van der Waals surface area contributed by atoms with E-state index in [0.717, 1.165) is 11.3 Å². The van der Waals surface area contributed by atoms with E-state index in [1.54, 1.807) is 13.8 Å². The van der Waals surface area contributed by atoms with E-state index in [4.69, 9.17) is 14.2 Å². The van der Waals surface area contributed by atoms with Crippen LogP contribution in [0.4, 0.5) is 0 Å². The molecule has 1 heterocycles. The van der Waals surface area contributed by atoms with E-state index in [2.05, 4.69) is 10.3 Å². The molecule has 0 spiro atoms. The zero-order valence-corrected chi connectivity index (χ0v) is 17.0. The van der Waals surface area contributed by atoms with Gasteiger partial charge in [0.25, 0.3) is 5.91 Å². The zero-order valence-electron chi connectivity index (χ0n) is 17.0. The van der Waals surface area contributed by atoms with Crippen LogP contribution >= 0.6 is 0 Å². The third-order valence-electron chi connectivity index (χ3n) is 4.14. The van der Waals surface area contributed by atoms with Gasteiger partial charge in [-0.3, -0.25) is 4.79 Å². The van der Waals surface area contributed by atoms with Crippen molar-refractivity contribution in [1.29, 1.82) is 0 Å². The number of carbonyl (C=O) groups excluding carboxylic acids is 2. The van der Waals surface area contributed by atoms with Gasteiger partial charge in [0.2, 0.25) is 0 Å². The third kappa shape index (κ3) is 5.60. The van der Waals surface area contributed by atoms with Gasteiger partial charge >= 0.3 is 5.97 Å². The summed E-state index contributed by atoms with van der Waals surface area (Å²) >= 11 is 0. The van der Waals surface area contributed by atoms with Crippen molar-refractivity contribution in [2.75, 3.05) is 20.3 Å². The van der Waals surface area contributed by atoms with Crippen molar-refractivity contribution in [2.24, 2.45) is 0 Å². The molecule has 7 nitrogen and oxygen atoms in total. The first-order chi connectivity index (χ1) is 13.3. The third-order valence-corrected chi connectivity index (χ3v) is 4.14. The first kappa shape index (κ1) is 21.5. The highest BCUT2D eigenvalue weighted by molar-refractivity contribution is 6.00. The summed E-state index contributed by atoms with van der Waals surface area (Å²) in [4.78, 5) is 27.8. The Morgan fingerprint density at radius 1 is 1.11 bits per heavy atom. The Morgan fingerprint density at radius 2 is 1.79 bits per heavy atom. The number of rotatable bonds is 9. The van der Waals surface area contributed by atoms with Crippen LogP contribution in [-0.4, -0.2) is 43.3 Å². The molecular formula is C21H28N2O5. The highest BCUT2D eigenvalue weighted by atomic mass is 16.6. The van der Waals surface area contributed by atoms with E-state index in [0.29, 0.717) is 35.7 Å². The van der Waals surface area contributed by atoms with E-state index in [9.17, 15) is 9.59 Å². The van der Waals surface area contributed by atoms with Crippen LogP contribution in [-0.2, 0) is 16.0 Å². The summed E-state index contributed by atoms with van der Waals surface area (Å²) in [6.07, 6.45) is 0.111. The lowest BCUT2D eigenvalue weighted by molar-refractivity contribution is 0.0386. The predicted molar refractivity (Wildman–Crippen MR) is 106 cm³/mol. The van der Waals surface area contributed by atoms with Crippen LogP contribution in [0, 0.1) is 13.8 Å². The number of aromatic nitrogens is 1. The molecule has 2 rings (SSSR count). The lowest BCUT2D eigenvalue weighted by atomic mass is 10.1. The Hall–Kier alpha value is -2.80. The van der Waals surface area contributed by atoms with Crippen LogP contribution in [0.15, 0.2) is 24.3 Å². The Bertz CT molecular complexity index is 809. The number of carbonyl (C=O) groups is 2. The van der Waals surface area contributed by atoms with Gasteiger partial charge < -0.3 is 24.5 Å². The summed E-state index contributed by atoms with van der Waals surface area (Å²) in [7, 11) is 1.54. The van der Waals surface area contributed by atoms with Crippen molar-refractivity contribution >= 4 is 11.9 Å². The number of ether oxygens (including phenoxy) is 3. The quantitative estimate of drug-likeness (QED) is 0.509. The van der Waals surface area contributed by atoms with E-state index in [1.807, 2.05) is 38.1 Å². The Labute approximate surface area is 165 Å². The van der Waals surface area contributed by atoms with Crippen molar-refractivity contribution in [3.63, 3.8) is 0 Å². The molecular weight excluding hydrogens is 360 g/mol. The fourth-order valence-electron chi connectivity index (χ4n) is 2.80. The van der Waals surface area contributed by atoms with Crippen LogP contribution < -0.4 is 10.1 Å². The number of aromatic amines is 1. The fraction of sp³-hybridized carbons (Fsp3) is 0.429. The number of H-pyrrole nitrogens is 1. The Balaban J connectivity index is 2.00. The van der Waals surface area contributed by atoms with Crippen molar-refractivity contribution in [3.8, 4) is 5.75 Å². The molecule has 1 aromatic carbocycles. The lowest BCUT2D eigenvalue weighted by Crippen LogP contribution is -2.24. The average molecular weight is 388 g/mol. The number of benzene rings is 1. The van der Waals surface area contributed by atoms with Gasteiger partial charge in [0.1, 0.15) is 18.1 Å². The molecule has 0 radical (unpaired) electrons. The molecule has 152 valence electrons. The number of hydrogen-bond donors (Lipinski definition) is 2. The van der Waals surface area contributed by atoms with E-state index in [1.165, 1.54) is 7.11 Å². The molecule has 1 aromatic heterocycles. The maximum Gasteiger partial charge on any atom is 0.340 e. The first-order valence-corrected chi connectivity index (χ1v) is 9.22. The van der Waals surface area contributed by atoms with Crippen molar-refractivity contribution in [1.82, 2.24) is 10.3 Å². The van der Waals surface area contributed by atoms with Crippen molar-refractivity contribution in [3.05, 3.63) is 52.3 Å². The van der Waals surface area contributed by atoms with E-state index < -0.39 is 5.97 Å². The molecule has 0 saturated heterocycles. The molecule has 7 heteroatoms.